The molecule has 0 aliphatic heterocycles. The number of H-pyrrole nitrogens is 1. The van der Waals surface area contributed by atoms with Gasteiger partial charge in [-0.3, -0.25) is 14.5 Å². The number of nitrogens with one attached hydrogen (secondary N) is 1. The SMILES string of the molecule is Cc1[nH]n2c(-c3cc(C(=O)O)cc(C(=O)O)c3)nnc2c1N=Nc1nc(C#N)c(C#N)n1CC(=O)O. The standard InChI is InChI=1S/C20H12N10O6/c1-8-15(24-27-20-23-12(5-21)13(6-22)29(20)7-14(31)32)17-26-25-16(30(17)28-8)9-2-10(18(33)34)4-11(3-9)19(35)36/h2-4,28H,7H2,1H3,(H,31,32)(H,33,34)(H,35,36). The van der Waals surface area contributed by atoms with E-state index < -0.39 is 24.5 Å². The van der Waals surface area contributed by atoms with Crippen LogP contribution >= 0.6 is 0 Å². The lowest BCUT2D eigenvalue weighted by Gasteiger charge is -2.03. The van der Waals surface area contributed by atoms with Crippen molar-refractivity contribution in [3.8, 4) is 23.5 Å². The molecular weight excluding hydrogens is 476 g/mol. The van der Waals surface area contributed by atoms with Crippen LogP contribution in [0.15, 0.2) is 28.4 Å². The van der Waals surface area contributed by atoms with Crippen molar-refractivity contribution in [3.05, 3.63) is 46.4 Å². The summed E-state index contributed by atoms with van der Waals surface area (Å²) in [5.41, 5.74) is -0.310. The molecule has 0 saturated heterocycles. The molecule has 0 aliphatic carbocycles. The molecule has 0 fully saturated rings. The first-order chi connectivity index (χ1) is 17.1. The fourth-order valence-electron chi connectivity index (χ4n) is 3.33. The molecule has 16 heteroatoms. The van der Waals surface area contributed by atoms with E-state index in [4.69, 9.17) is 5.11 Å². The third kappa shape index (κ3) is 3.97. The van der Waals surface area contributed by atoms with E-state index in [-0.39, 0.29) is 51.2 Å². The lowest BCUT2D eigenvalue weighted by molar-refractivity contribution is -0.137. The topological polar surface area (TPSA) is 248 Å². The fourth-order valence-corrected chi connectivity index (χ4v) is 3.33. The summed E-state index contributed by atoms with van der Waals surface area (Å²) < 4.78 is 2.26. The minimum absolute atomic E-state index is 0.0889. The number of benzene rings is 1. The maximum atomic E-state index is 11.4. The number of azo groups is 1. The fraction of sp³-hybridized carbons (Fsp3) is 0.100. The number of aromatic carboxylic acids is 2. The Hall–Kier alpha value is -5.90. The number of carboxylic acid groups (broad SMARTS) is 3. The molecule has 1 aromatic carbocycles. The second-order valence-electron chi connectivity index (χ2n) is 7.19. The molecule has 0 saturated carbocycles. The number of carbonyl (C=O) groups is 3. The number of nitriles is 2. The zero-order chi connectivity index (χ0) is 26.1. The van der Waals surface area contributed by atoms with Crippen LogP contribution in [0.4, 0.5) is 11.6 Å². The van der Waals surface area contributed by atoms with Gasteiger partial charge in [-0.25, -0.2) is 14.1 Å². The zero-order valence-electron chi connectivity index (χ0n) is 18.0. The predicted molar refractivity (Wildman–Crippen MR) is 115 cm³/mol. The van der Waals surface area contributed by atoms with Gasteiger partial charge in [0.15, 0.2) is 22.9 Å². The summed E-state index contributed by atoms with van der Waals surface area (Å²) in [6.45, 7) is 0.919. The summed E-state index contributed by atoms with van der Waals surface area (Å²) in [6.07, 6.45) is 0. The van der Waals surface area contributed by atoms with Gasteiger partial charge < -0.3 is 15.3 Å². The minimum atomic E-state index is -1.33. The van der Waals surface area contributed by atoms with Crippen molar-refractivity contribution in [1.29, 1.82) is 10.5 Å². The van der Waals surface area contributed by atoms with Gasteiger partial charge >= 0.3 is 17.9 Å². The summed E-state index contributed by atoms with van der Waals surface area (Å²) in [6, 6.07) is 6.89. The molecule has 4 rings (SSSR count). The smallest absolute Gasteiger partial charge is 0.335 e. The van der Waals surface area contributed by atoms with E-state index in [1.165, 1.54) is 16.6 Å². The molecule has 0 unspecified atom stereocenters. The summed E-state index contributed by atoms with van der Waals surface area (Å²) in [5.74, 6) is -4.17. The monoisotopic (exact) mass is 488 g/mol. The Balaban J connectivity index is 1.82. The van der Waals surface area contributed by atoms with Gasteiger partial charge in [0.2, 0.25) is 5.65 Å². The van der Waals surface area contributed by atoms with Crippen molar-refractivity contribution in [2.45, 2.75) is 13.5 Å². The van der Waals surface area contributed by atoms with Crippen LogP contribution in [0.2, 0.25) is 0 Å². The summed E-state index contributed by atoms with van der Waals surface area (Å²) in [7, 11) is 0. The Kier molecular flexibility index (Phi) is 5.69. The molecule has 0 bridgehead atoms. The Morgan fingerprint density at radius 3 is 2.25 bits per heavy atom. The highest BCUT2D eigenvalue weighted by Gasteiger charge is 2.21. The van der Waals surface area contributed by atoms with Gasteiger partial charge in [-0.05, 0) is 25.1 Å². The second-order valence-corrected chi connectivity index (χ2v) is 7.19. The molecular formula is C20H12N10O6. The maximum Gasteiger partial charge on any atom is 0.335 e. The lowest BCUT2D eigenvalue weighted by Crippen LogP contribution is -2.10. The first-order valence-corrected chi connectivity index (χ1v) is 9.74. The lowest BCUT2D eigenvalue weighted by atomic mass is 10.1. The molecule has 178 valence electrons. The normalized spacial score (nSPS) is 11.0. The van der Waals surface area contributed by atoms with Gasteiger partial charge in [0, 0.05) is 5.56 Å². The van der Waals surface area contributed by atoms with Crippen LogP contribution in [0.25, 0.3) is 17.0 Å². The predicted octanol–water partition coefficient (Wildman–Crippen LogP) is 1.87. The number of aromatic nitrogens is 6. The Morgan fingerprint density at radius 1 is 1.03 bits per heavy atom. The molecule has 0 aliphatic rings. The van der Waals surface area contributed by atoms with Gasteiger partial charge in [-0.2, -0.15) is 15.5 Å². The van der Waals surface area contributed by atoms with Crippen molar-refractivity contribution in [1.82, 2.24) is 29.4 Å². The van der Waals surface area contributed by atoms with Gasteiger partial charge in [0.05, 0.1) is 16.8 Å². The van der Waals surface area contributed by atoms with Crippen molar-refractivity contribution in [2.24, 2.45) is 10.2 Å². The van der Waals surface area contributed by atoms with Crippen molar-refractivity contribution in [2.75, 3.05) is 0 Å². The van der Waals surface area contributed by atoms with Gasteiger partial charge in [-0.1, -0.05) is 0 Å². The minimum Gasteiger partial charge on any atom is -0.480 e. The molecule has 4 aromatic rings. The highest BCUT2D eigenvalue weighted by Crippen LogP contribution is 2.30. The number of rotatable bonds is 7. The molecule has 0 atom stereocenters. The first-order valence-electron chi connectivity index (χ1n) is 9.74. The number of imidazole rings is 1. The molecule has 3 heterocycles. The van der Waals surface area contributed by atoms with E-state index in [0.717, 1.165) is 10.6 Å². The van der Waals surface area contributed by atoms with E-state index in [9.17, 15) is 35.1 Å². The third-order valence-corrected chi connectivity index (χ3v) is 4.89. The number of hydrogen-bond acceptors (Lipinski definition) is 10. The molecule has 3 aromatic heterocycles. The first kappa shape index (κ1) is 23.3. The van der Waals surface area contributed by atoms with E-state index in [1.54, 1.807) is 19.1 Å². The third-order valence-electron chi connectivity index (χ3n) is 4.89. The summed E-state index contributed by atoms with van der Waals surface area (Å²) >= 11 is 0. The Labute approximate surface area is 199 Å². The Bertz CT molecular complexity index is 1660. The van der Waals surface area contributed by atoms with Crippen LogP contribution in [-0.4, -0.2) is 62.6 Å². The van der Waals surface area contributed by atoms with Crippen LogP contribution in [-0.2, 0) is 11.3 Å². The van der Waals surface area contributed by atoms with Crippen LogP contribution in [0.5, 0.6) is 0 Å². The Morgan fingerprint density at radius 2 is 1.69 bits per heavy atom. The van der Waals surface area contributed by atoms with Crippen molar-refractivity contribution < 1.29 is 29.7 Å². The number of hydrogen-bond donors (Lipinski definition) is 4. The van der Waals surface area contributed by atoms with Crippen LogP contribution < -0.4 is 0 Å². The molecule has 4 N–H and O–H groups in total. The summed E-state index contributed by atoms with van der Waals surface area (Å²) in [4.78, 5) is 38.0. The van der Waals surface area contributed by atoms with E-state index in [2.05, 4.69) is 30.5 Å². The highest BCUT2D eigenvalue weighted by atomic mass is 16.4. The molecule has 0 amide bonds. The molecule has 36 heavy (non-hydrogen) atoms. The van der Waals surface area contributed by atoms with E-state index in [0.29, 0.717) is 5.69 Å². The number of aliphatic carboxylic acids is 1. The number of aromatic amines is 1. The van der Waals surface area contributed by atoms with Gasteiger partial charge in [0.25, 0.3) is 5.95 Å². The van der Waals surface area contributed by atoms with Crippen LogP contribution in [0.1, 0.15) is 37.8 Å². The number of aryl methyl sites for hydroxylation is 1. The van der Waals surface area contributed by atoms with Crippen LogP contribution in [0, 0.1) is 29.6 Å². The maximum absolute atomic E-state index is 11.4. The quantitative estimate of drug-likeness (QED) is 0.273. The average molecular weight is 488 g/mol. The zero-order valence-corrected chi connectivity index (χ0v) is 18.0. The molecule has 0 radical (unpaired) electrons. The summed E-state index contributed by atoms with van der Waals surface area (Å²) in [5, 5.41) is 65.1. The van der Waals surface area contributed by atoms with Gasteiger partial charge in [0.1, 0.15) is 18.7 Å². The number of carboxylic acids is 3. The van der Waals surface area contributed by atoms with Crippen molar-refractivity contribution in [3.63, 3.8) is 0 Å². The number of nitrogens with zero attached hydrogens (tertiary/aromatic N) is 9. The van der Waals surface area contributed by atoms with E-state index in [1.807, 2.05) is 0 Å². The van der Waals surface area contributed by atoms with E-state index >= 15 is 0 Å². The second kappa shape index (κ2) is 8.80. The highest BCUT2D eigenvalue weighted by molar-refractivity contribution is 5.95. The number of fused-ring (bicyclic) bond motifs is 1. The average Bonchev–Trinajstić information content (AvgIpc) is 3.48. The molecule has 16 nitrogen and oxygen atoms in total. The van der Waals surface area contributed by atoms with Crippen LogP contribution in [0.3, 0.4) is 0 Å². The molecule has 0 spiro atoms. The van der Waals surface area contributed by atoms with Crippen molar-refractivity contribution >= 4 is 35.2 Å². The largest absolute Gasteiger partial charge is 0.480 e. The van der Waals surface area contributed by atoms with Gasteiger partial charge in [-0.15, -0.1) is 20.4 Å².